The lowest BCUT2D eigenvalue weighted by atomic mass is 10.0. The number of nitrogens with one attached hydrogen (secondary N) is 1. The molecule has 0 heterocycles. The number of amides is 1. The highest BCUT2D eigenvalue weighted by molar-refractivity contribution is 7.45. The summed E-state index contributed by atoms with van der Waals surface area (Å²) in [5, 5.41) is 13.9. The van der Waals surface area contributed by atoms with Crippen LogP contribution < -0.4 is 10.2 Å². The molecule has 0 fully saturated rings. The molecule has 0 spiro atoms. The van der Waals surface area contributed by atoms with Crippen LogP contribution in [0.15, 0.2) is 122 Å². The fraction of sp³-hybridized carbons (Fsp3) is 0.727. The van der Waals surface area contributed by atoms with Crippen molar-refractivity contribution in [3.05, 3.63) is 122 Å². The minimum atomic E-state index is -4.62. The molecule has 0 aliphatic carbocycles. The lowest BCUT2D eigenvalue weighted by Crippen LogP contribution is -2.45. The number of likely N-dealkylation sites (N-methyl/N-ethyl adjacent to an activating group) is 1. The number of nitrogens with zero attached hydrogens (tertiary/aromatic N) is 1. The van der Waals surface area contributed by atoms with Crippen LogP contribution in [0.4, 0.5) is 0 Å². The van der Waals surface area contributed by atoms with Gasteiger partial charge in [0.1, 0.15) is 13.2 Å². The van der Waals surface area contributed by atoms with Gasteiger partial charge >= 0.3 is 0 Å². The monoisotopic (exact) mass is 1220 g/mol. The Hall–Kier alpha value is -3.10. The smallest absolute Gasteiger partial charge is 0.268 e. The second-order valence-corrected chi connectivity index (χ2v) is 26.6. The zero-order chi connectivity index (χ0) is 62.6. The van der Waals surface area contributed by atoms with Crippen LogP contribution in [0.3, 0.4) is 0 Å². The van der Waals surface area contributed by atoms with Crippen LogP contribution >= 0.6 is 7.82 Å². The van der Waals surface area contributed by atoms with Gasteiger partial charge in [0.25, 0.3) is 7.82 Å². The molecule has 3 unspecified atom stereocenters. The molecule has 0 saturated heterocycles. The minimum absolute atomic E-state index is 0.00953. The van der Waals surface area contributed by atoms with Gasteiger partial charge < -0.3 is 28.8 Å². The molecule has 0 rings (SSSR count). The predicted octanol–water partition coefficient (Wildman–Crippen LogP) is 22.6. The number of carbonyl (C=O) groups excluding carboxylic acids is 1. The molecule has 1 amide bonds. The predicted molar refractivity (Wildman–Crippen MR) is 375 cm³/mol. The van der Waals surface area contributed by atoms with Gasteiger partial charge in [-0.1, -0.05) is 328 Å². The number of phosphoric ester groups is 1. The first kappa shape index (κ1) is 82.9. The van der Waals surface area contributed by atoms with E-state index < -0.39 is 26.6 Å². The van der Waals surface area contributed by atoms with Gasteiger partial charge in [0.15, 0.2) is 0 Å². The summed E-state index contributed by atoms with van der Waals surface area (Å²) in [6.45, 7) is 4.54. The highest BCUT2D eigenvalue weighted by Gasteiger charge is 2.23. The lowest BCUT2D eigenvalue weighted by Gasteiger charge is -2.29. The molecular weight excluding hydrogens is 1080 g/mol. The average molecular weight is 1220 g/mol. The molecule has 2 N–H and O–H groups in total. The Morgan fingerprint density at radius 1 is 0.419 bits per heavy atom. The van der Waals surface area contributed by atoms with Crippen LogP contribution in [0, 0.1) is 0 Å². The number of aliphatic hydroxyl groups excluding tert-OH is 1. The van der Waals surface area contributed by atoms with Gasteiger partial charge in [0.2, 0.25) is 5.91 Å². The van der Waals surface area contributed by atoms with Crippen molar-refractivity contribution in [1.29, 1.82) is 0 Å². The highest BCUT2D eigenvalue weighted by Crippen LogP contribution is 2.38. The third-order valence-electron chi connectivity index (χ3n) is 15.7. The van der Waals surface area contributed by atoms with Crippen molar-refractivity contribution in [1.82, 2.24) is 5.32 Å². The molecule has 3 atom stereocenters. The van der Waals surface area contributed by atoms with E-state index in [4.69, 9.17) is 9.05 Å². The minimum Gasteiger partial charge on any atom is -0.756 e. The number of carbonyl (C=O) groups is 1. The second kappa shape index (κ2) is 66.3. The molecule has 0 aromatic heterocycles. The molecule has 86 heavy (non-hydrogen) atoms. The van der Waals surface area contributed by atoms with Crippen LogP contribution in [0.25, 0.3) is 0 Å². The number of phosphoric acid groups is 1. The average Bonchev–Trinajstić information content (AvgIpc) is 3.70. The first-order valence-electron chi connectivity index (χ1n) is 35.9. The van der Waals surface area contributed by atoms with Gasteiger partial charge in [-0.3, -0.25) is 9.36 Å². The quantitative estimate of drug-likeness (QED) is 0.0272. The van der Waals surface area contributed by atoms with Crippen LogP contribution in [-0.4, -0.2) is 68.5 Å². The maximum absolute atomic E-state index is 13.0. The fourth-order valence-corrected chi connectivity index (χ4v) is 10.9. The number of quaternary nitrogens is 1. The number of hydrogen-bond donors (Lipinski definition) is 2. The number of aliphatic hydroxyl groups is 1. The largest absolute Gasteiger partial charge is 0.756 e. The number of unbranched alkanes of at least 4 members (excludes halogenated alkanes) is 34. The number of allylic oxidation sites excluding steroid dienone is 19. The van der Waals surface area contributed by atoms with Crippen molar-refractivity contribution in [2.24, 2.45) is 0 Å². The molecule has 0 aromatic carbocycles. The Kier molecular flexibility index (Phi) is 63.9. The molecule has 0 saturated carbocycles. The first-order valence-corrected chi connectivity index (χ1v) is 37.4. The van der Waals surface area contributed by atoms with Gasteiger partial charge in [-0.05, 0) is 96.3 Å². The Morgan fingerprint density at radius 2 is 0.721 bits per heavy atom. The Bertz CT molecular complexity index is 1820. The summed E-state index contributed by atoms with van der Waals surface area (Å²) in [5.74, 6) is -0.207. The number of rotatable bonds is 65. The summed E-state index contributed by atoms with van der Waals surface area (Å²) in [6.07, 6.45) is 99.0. The molecule has 0 aliphatic rings. The summed E-state index contributed by atoms with van der Waals surface area (Å²) in [4.78, 5) is 25.6. The zero-order valence-corrected chi connectivity index (χ0v) is 57.6. The lowest BCUT2D eigenvalue weighted by molar-refractivity contribution is -0.870. The van der Waals surface area contributed by atoms with Crippen molar-refractivity contribution in [3.8, 4) is 0 Å². The van der Waals surface area contributed by atoms with Crippen LogP contribution in [0.5, 0.6) is 0 Å². The van der Waals surface area contributed by atoms with Crippen LogP contribution in [0.2, 0.25) is 0 Å². The normalized spacial score (nSPS) is 14.4. The van der Waals surface area contributed by atoms with E-state index in [0.29, 0.717) is 17.4 Å². The SMILES string of the molecule is CC/C=C\C/C=C\C/C=C\C/C=C\C/C=C\C/C=C\C/C=C\C/C=C\CCCCCCCCCCCCCCCCCCC(=O)NC(COP(=O)([O-])OCC[N+](C)(C)C)C(O)/C=C/CC/C=C/CCCCCCCCCCCCCCCCCCC. The highest BCUT2D eigenvalue weighted by atomic mass is 31.2. The summed E-state index contributed by atoms with van der Waals surface area (Å²) < 4.78 is 23.4. The fourth-order valence-electron chi connectivity index (χ4n) is 10.1. The topological polar surface area (TPSA) is 108 Å². The summed E-state index contributed by atoms with van der Waals surface area (Å²) in [6, 6.07) is -0.910. The van der Waals surface area contributed by atoms with E-state index >= 15 is 0 Å². The van der Waals surface area contributed by atoms with E-state index in [1.165, 1.54) is 199 Å². The molecule has 9 heteroatoms. The van der Waals surface area contributed by atoms with Crippen LogP contribution in [-0.2, 0) is 18.4 Å². The van der Waals surface area contributed by atoms with Crippen LogP contribution in [0.1, 0.15) is 309 Å². The molecule has 8 nitrogen and oxygen atoms in total. The van der Waals surface area contributed by atoms with Gasteiger partial charge in [0.05, 0.1) is 39.9 Å². The molecule has 0 aromatic rings. The van der Waals surface area contributed by atoms with Crippen molar-refractivity contribution in [2.75, 3.05) is 40.9 Å². The van der Waals surface area contributed by atoms with Crippen molar-refractivity contribution < 1.29 is 32.9 Å². The maximum Gasteiger partial charge on any atom is 0.268 e. The second-order valence-electron chi connectivity index (χ2n) is 25.2. The molecule has 0 bridgehead atoms. The van der Waals surface area contributed by atoms with Crippen molar-refractivity contribution in [3.63, 3.8) is 0 Å². The van der Waals surface area contributed by atoms with Crippen molar-refractivity contribution >= 4 is 13.7 Å². The summed E-state index contributed by atoms with van der Waals surface area (Å²) >= 11 is 0. The maximum atomic E-state index is 13.0. The van der Waals surface area contributed by atoms with Gasteiger partial charge in [0, 0.05) is 6.42 Å². The third kappa shape index (κ3) is 68.4. The summed E-state index contributed by atoms with van der Waals surface area (Å²) in [5.41, 5.74) is 0. The Morgan fingerprint density at radius 3 is 1.08 bits per heavy atom. The van der Waals surface area contributed by atoms with E-state index in [9.17, 15) is 19.4 Å². The molecule has 0 radical (unpaired) electrons. The third-order valence-corrected chi connectivity index (χ3v) is 16.6. The van der Waals surface area contributed by atoms with E-state index in [0.717, 1.165) is 89.9 Å². The number of hydrogen-bond acceptors (Lipinski definition) is 6. The van der Waals surface area contributed by atoms with E-state index in [1.54, 1.807) is 6.08 Å². The standard InChI is InChI=1S/C77H137N2O6P/c1-6-8-10-12-14-16-18-20-22-24-26-28-30-31-32-33-34-35-36-37-38-39-40-41-42-43-44-45-46-47-49-51-53-55-57-59-61-63-65-67-69-71-77(81)78-75(74-85-86(82,83)84-73-72-79(3,4)5)76(80)70-68-66-64-62-60-58-56-54-52-50-48-29-27-25-23-21-19-17-15-13-11-9-7-2/h8,10,14,16,20,22,26,28,31-32,34-35,37-38,40-41,60,62,68,70,75-76,80H,6-7,9,11-13,15,17-19,21,23-25,27,29-30,33,36,39,42-59,61,63-67,69,71-74H2,1-5H3,(H-,78,81,82,83)/b10-8-,16-14-,22-20-,28-26-,32-31-,35-34-,38-37-,41-40-,62-60+,70-68+. The molecular formula is C77H137N2O6P. The van der Waals surface area contributed by atoms with Gasteiger partial charge in [-0.25, -0.2) is 0 Å². The molecule has 496 valence electrons. The Balaban J connectivity index is 4.06. The molecule has 0 aliphatic heterocycles. The van der Waals surface area contributed by atoms with Gasteiger partial charge in [-0.2, -0.15) is 0 Å². The van der Waals surface area contributed by atoms with Crippen molar-refractivity contribution in [2.45, 2.75) is 321 Å². The summed E-state index contributed by atoms with van der Waals surface area (Å²) in [7, 11) is 1.24. The first-order chi connectivity index (χ1) is 42.0. The van der Waals surface area contributed by atoms with E-state index in [2.05, 4.69) is 129 Å². The van der Waals surface area contributed by atoms with Gasteiger partial charge in [-0.15, -0.1) is 0 Å². The van der Waals surface area contributed by atoms with E-state index in [-0.39, 0.29) is 12.5 Å². The zero-order valence-electron chi connectivity index (χ0n) is 56.7. The van der Waals surface area contributed by atoms with E-state index in [1.807, 2.05) is 27.2 Å². The Labute approximate surface area is 533 Å².